The quantitative estimate of drug-likeness (QED) is 0.443. The Bertz CT molecular complexity index is 724. The van der Waals surface area contributed by atoms with Crippen molar-refractivity contribution in [2.45, 2.75) is 26.3 Å². The van der Waals surface area contributed by atoms with Crippen LogP contribution in [0.3, 0.4) is 0 Å². The Morgan fingerprint density at radius 3 is 2.73 bits per heavy atom. The van der Waals surface area contributed by atoms with Crippen LogP contribution in [0.2, 0.25) is 0 Å². The fraction of sp³-hybridized carbons (Fsp3) is 0.444. The molecule has 0 radical (unpaired) electrons. The first-order valence-electron chi connectivity index (χ1n) is 8.30. The molecule has 5 nitrogen and oxygen atoms in total. The molecule has 0 spiro atoms. The molecule has 1 aromatic rings. The van der Waals surface area contributed by atoms with E-state index in [1.165, 1.54) is 13.2 Å². The molecule has 142 valence electrons. The Morgan fingerprint density at radius 2 is 2.12 bits per heavy atom. The molecular formula is C18H22F2N2O3S. The highest BCUT2D eigenvalue weighted by Gasteiger charge is 2.35. The van der Waals surface area contributed by atoms with Crippen molar-refractivity contribution in [1.82, 2.24) is 10.2 Å². The minimum absolute atomic E-state index is 0.127. The highest BCUT2D eigenvalue weighted by atomic mass is 32.1. The van der Waals surface area contributed by atoms with Crippen molar-refractivity contribution in [3.63, 3.8) is 0 Å². The number of halogens is 2. The minimum atomic E-state index is -0.848. The molecule has 0 unspecified atom stereocenters. The Morgan fingerprint density at radius 1 is 1.38 bits per heavy atom. The van der Waals surface area contributed by atoms with Gasteiger partial charge in [-0.25, -0.2) is 13.6 Å². The van der Waals surface area contributed by atoms with Crippen molar-refractivity contribution >= 4 is 23.3 Å². The zero-order chi connectivity index (χ0) is 19.3. The molecule has 1 atom stereocenters. The van der Waals surface area contributed by atoms with E-state index >= 15 is 0 Å². The SMILES string of the molecule is CCOCCCN1C(=S)N[C@H](c2ccc(F)cc2F)C(C(=O)OC)=C1C. The molecule has 1 aromatic carbocycles. The summed E-state index contributed by atoms with van der Waals surface area (Å²) >= 11 is 5.40. The Labute approximate surface area is 157 Å². The number of nitrogens with zero attached hydrogens (tertiary/aromatic N) is 1. The van der Waals surface area contributed by atoms with Crippen molar-refractivity contribution in [1.29, 1.82) is 0 Å². The molecule has 0 saturated carbocycles. The first-order chi connectivity index (χ1) is 12.4. The molecular weight excluding hydrogens is 362 g/mol. The molecule has 1 heterocycles. The second-order valence-electron chi connectivity index (χ2n) is 5.74. The van der Waals surface area contributed by atoms with Gasteiger partial charge in [-0.2, -0.15) is 0 Å². The Balaban J connectivity index is 2.39. The number of thiocarbonyl (C=S) groups is 1. The number of allylic oxidation sites excluding steroid dienone is 1. The number of rotatable bonds is 7. The van der Waals surface area contributed by atoms with Gasteiger partial charge in [0.2, 0.25) is 0 Å². The molecule has 1 aliphatic rings. The van der Waals surface area contributed by atoms with Gasteiger partial charge in [0, 0.05) is 37.1 Å². The summed E-state index contributed by atoms with van der Waals surface area (Å²) in [6.07, 6.45) is 0.705. The molecule has 0 aliphatic carbocycles. The van der Waals surface area contributed by atoms with E-state index in [2.05, 4.69) is 5.32 Å². The van der Waals surface area contributed by atoms with Crippen molar-refractivity contribution in [2.75, 3.05) is 26.9 Å². The summed E-state index contributed by atoms with van der Waals surface area (Å²) in [5.41, 5.74) is 0.941. The zero-order valence-electron chi connectivity index (χ0n) is 15.0. The van der Waals surface area contributed by atoms with Crippen LogP contribution in [-0.4, -0.2) is 42.8 Å². The number of esters is 1. The number of nitrogens with one attached hydrogen (secondary N) is 1. The van der Waals surface area contributed by atoms with Gasteiger partial charge >= 0.3 is 5.97 Å². The lowest BCUT2D eigenvalue weighted by atomic mass is 9.94. The van der Waals surface area contributed by atoms with Crippen molar-refractivity contribution < 1.29 is 23.0 Å². The monoisotopic (exact) mass is 384 g/mol. The first-order valence-corrected chi connectivity index (χ1v) is 8.71. The lowest BCUT2D eigenvalue weighted by Crippen LogP contribution is -2.48. The van der Waals surface area contributed by atoms with E-state index in [9.17, 15) is 13.6 Å². The van der Waals surface area contributed by atoms with Gasteiger partial charge in [0.1, 0.15) is 11.6 Å². The molecule has 26 heavy (non-hydrogen) atoms. The maximum Gasteiger partial charge on any atom is 0.337 e. The van der Waals surface area contributed by atoms with Gasteiger partial charge in [-0.3, -0.25) is 0 Å². The van der Waals surface area contributed by atoms with Crippen LogP contribution in [0.5, 0.6) is 0 Å². The summed E-state index contributed by atoms with van der Waals surface area (Å²) in [4.78, 5) is 14.1. The molecule has 0 bridgehead atoms. The fourth-order valence-electron chi connectivity index (χ4n) is 2.86. The average Bonchev–Trinajstić information content (AvgIpc) is 2.60. The van der Waals surface area contributed by atoms with Gasteiger partial charge in [-0.15, -0.1) is 0 Å². The lowest BCUT2D eigenvalue weighted by molar-refractivity contribution is -0.136. The van der Waals surface area contributed by atoms with Crippen LogP contribution in [-0.2, 0) is 14.3 Å². The Kier molecular flexibility index (Phi) is 7.05. The highest BCUT2D eigenvalue weighted by Crippen LogP contribution is 2.32. The predicted molar refractivity (Wildman–Crippen MR) is 97.4 cm³/mol. The summed E-state index contributed by atoms with van der Waals surface area (Å²) in [6.45, 7) is 5.37. The van der Waals surface area contributed by atoms with Crippen molar-refractivity contribution in [3.8, 4) is 0 Å². The van der Waals surface area contributed by atoms with E-state index in [4.69, 9.17) is 21.7 Å². The largest absolute Gasteiger partial charge is 0.466 e. The first kappa shape index (κ1) is 20.3. The molecule has 1 aliphatic heterocycles. The van der Waals surface area contributed by atoms with Gasteiger partial charge in [0.05, 0.1) is 18.7 Å². The van der Waals surface area contributed by atoms with E-state index < -0.39 is 23.6 Å². The number of hydrogen-bond donors (Lipinski definition) is 1. The standard InChI is InChI=1S/C18H22F2N2O3S/c1-4-25-9-5-8-22-11(2)15(17(23)24-3)16(21-18(22)26)13-7-6-12(19)10-14(13)20/h6-7,10,16H,4-5,8-9H2,1-3H3,(H,21,26)/t16-/m1/s1. The normalized spacial score (nSPS) is 17.3. The molecule has 1 N–H and O–H groups in total. The predicted octanol–water partition coefficient (Wildman–Crippen LogP) is 3.07. The maximum atomic E-state index is 14.3. The fourth-order valence-corrected chi connectivity index (χ4v) is 3.21. The summed E-state index contributed by atoms with van der Waals surface area (Å²) in [5, 5.41) is 3.34. The van der Waals surface area contributed by atoms with Crippen LogP contribution >= 0.6 is 12.2 Å². The second-order valence-corrected chi connectivity index (χ2v) is 6.13. The molecule has 8 heteroatoms. The molecule has 0 aromatic heterocycles. The molecule has 0 saturated heterocycles. The molecule has 0 amide bonds. The van der Waals surface area contributed by atoms with Gasteiger partial charge in [-0.1, -0.05) is 6.07 Å². The van der Waals surface area contributed by atoms with Crippen LogP contribution in [0.15, 0.2) is 29.5 Å². The van der Waals surface area contributed by atoms with E-state index in [1.54, 1.807) is 11.8 Å². The van der Waals surface area contributed by atoms with Crippen LogP contribution in [0.25, 0.3) is 0 Å². The highest BCUT2D eigenvalue weighted by molar-refractivity contribution is 7.80. The van der Waals surface area contributed by atoms with E-state index in [0.29, 0.717) is 37.0 Å². The number of benzene rings is 1. The van der Waals surface area contributed by atoms with E-state index in [-0.39, 0.29) is 11.1 Å². The number of hydrogen-bond acceptors (Lipinski definition) is 4. The maximum absolute atomic E-state index is 14.3. The lowest BCUT2D eigenvalue weighted by Gasteiger charge is -2.37. The third-order valence-electron chi connectivity index (χ3n) is 4.15. The van der Waals surface area contributed by atoms with Crippen LogP contribution in [0.1, 0.15) is 31.9 Å². The van der Waals surface area contributed by atoms with Gasteiger partial charge < -0.3 is 19.7 Å². The smallest absolute Gasteiger partial charge is 0.337 e. The van der Waals surface area contributed by atoms with Crippen LogP contribution < -0.4 is 5.32 Å². The number of carbonyl (C=O) groups is 1. The summed E-state index contributed by atoms with van der Waals surface area (Å²) in [5.74, 6) is -2.05. The summed E-state index contributed by atoms with van der Waals surface area (Å²) < 4.78 is 37.7. The van der Waals surface area contributed by atoms with Gasteiger partial charge in [-0.05, 0) is 38.6 Å². The summed E-state index contributed by atoms with van der Waals surface area (Å²) in [6, 6.07) is 2.37. The van der Waals surface area contributed by atoms with Crippen LogP contribution in [0, 0.1) is 11.6 Å². The average molecular weight is 384 g/mol. The number of methoxy groups -OCH3 is 1. The Hall–Kier alpha value is -2.06. The molecule has 0 fully saturated rings. The third kappa shape index (κ3) is 4.37. The van der Waals surface area contributed by atoms with E-state index in [1.807, 2.05) is 6.92 Å². The minimum Gasteiger partial charge on any atom is -0.466 e. The topological polar surface area (TPSA) is 50.8 Å². The second kappa shape index (κ2) is 9.05. The van der Waals surface area contributed by atoms with Crippen molar-refractivity contribution in [3.05, 3.63) is 46.7 Å². The van der Waals surface area contributed by atoms with Gasteiger partial charge in [0.25, 0.3) is 0 Å². The van der Waals surface area contributed by atoms with Crippen molar-refractivity contribution in [2.24, 2.45) is 0 Å². The number of ether oxygens (including phenoxy) is 2. The molecule has 2 rings (SSSR count). The third-order valence-corrected chi connectivity index (χ3v) is 4.49. The number of carbonyl (C=O) groups excluding carboxylic acids is 1. The van der Waals surface area contributed by atoms with E-state index in [0.717, 1.165) is 12.1 Å². The van der Waals surface area contributed by atoms with Gasteiger partial charge in [0.15, 0.2) is 5.11 Å². The summed E-state index contributed by atoms with van der Waals surface area (Å²) in [7, 11) is 1.26. The van der Waals surface area contributed by atoms with Crippen LogP contribution in [0.4, 0.5) is 8.78 Å². The zero-order valence-corrected chi connectivity index (χ0v) is 15.8.